The van der Waals surface area contributed by atoms with E-state index in [4.69, 9.17) is 4.74 Å². The Bertz CT molecular complexity index is 1240. The van der Waals surface area contributed by atoms with Crippen LogP contribution in [0.15, 0.2) is 30.9 Å². The number of rotatable bonds is 3. The molecule has 0 bridgehead atoms. The van der Waals surface area contributed by atoms with Gasteiger partial charge < -0.3 is 14.2 Å². The number of likely N-dealkylation sites (tertiary alicyclic amines) is 1. The highest BCUT2D eigenvalue weighted by Gasteiger charge is 2.28. The molecule has 0 N–H and O–H groups in total. The number of carbonyl (C=O) groups is 1. The normalized spacial score (nSPS) is 16.8. The van der Waals surface area contributed by atoms with Gasteiger partial charge in [0.15, 0.2) is 5.65 Å². The van der Waals surface area contributed by atoms with Gasteiger partial charge in [-0.05, 0) is 25.5 Å². The van der Waals surface area contributed by atoms with Gasteiger partial charge in [0, 0.05) is 43.5 Å². The molecule has 1 atom stereocenters. The molecule has 0 aliphatic carbocycles. The smallest absolute Gasteiger partial charge is 0.241 e. The first kappa shape index (κ1) is 17.6. The fraction of sp³-hybridized carbons (Fsp3) is 0.350. The lowest BCUT2D eigenvalue weighted by Gasteiger charge is -2.17. The number of fused-ring (bicyclic) bond motifs is 2. The zero-order valence-electron chi connectivity index (χ0n) is 16.5. The fourth-order valence-corrected chi connectivity index (χ4v) is 4.25. The van der Waals surface area contributed by atoms with Crippen molar-refractivity contribution in [3.8, 4) is 17.0 Å². The number of carbonyl (C=O) groups excluding carboxylic acids is 1. The Morgan fingerprint density at radius 3 is 2.93 bits per heavy atom. The number of methoxy groups -OCH3 is 1. The van der Waals surface area contributed by atoms with Gasteiger partial charge in [-0.25, -0.2) is 14.5 Å². The van der Waals surface area contributed by atoms with E-state index in [2.05, 4.69) is 30.7 Å². The highest BCUT2D eigenvalue weighted by molar-refractivity contribution is 5.88. The maximum atomic E-state index is 11.8. The topological polar surface area (TPSA) is 90.4 Å². The Hall–Kier alpha value is -3.49. The monoisotopic (exact) mass is 391 g/mol. The van der Waals surface area contributed by atoms with E-state index in [1.165, 1.54) is 6.33 Å². The molecular formula is C20H21N7O2. The summed E-state index contributed by atoms with van der Waals surface area (Å²) in [6.07, 6.45) is 6.07. The summed E-state index contributed by atoms with van der Waals surface area (Å²) < 4.78 is 9.39. The average molecular weight is 391 g/mol. The van der Waals surface area contributed by atoms with Crippen molar-refractivity contribution in [3.05, 3.63) is 36.7 Å². The van der Waals surface area contributed by atoms with Crippen molar-refractivity contribution in [1.29, 1.82) is 0 Å². The van der Waals surface area contributed by atoms with E-state index in [9.17, 15) is 4.79 Å². The van der Waals surface area contributed by atoms with Crippen molar-refractivity contribution in [2.75, 3.05) is 20.2 Å². The lowest BCUT2D eigenvalue weighted by molar-refractivity contribution is -0.127. The van der Waals surface area contributed by atoms with Crippen LogP contribution in [0.2, 0.25) is 0 Å². The van der Waals surface area contributed by atoms with Gasteiger partial charge in [-0.3, -0.25) is 4.79 Å². The van der Waals surface area contributed by atoms with Crippen LogP contribution in [0.25, 0.3) is 27.8 Å². The zero-order chi connectivity index (χ0) is 20.1. The molecule has 0 aromatic carbocycles. The Balaban J connectivity index is 1.64. The van der Waals surface area contributed by atoms with Crippen LogP contribution in [-0.4, -0.2) is 60.1 Å². The number of hydrogen-bond acceptors (Lipinski definition) is 6. The van der Waals surface area contributed by atoms with E-state index in [1.54, 1.807) is 18.5 Å². The second-order valence-electron chi connectivity index (χ2n) is 7.30. The second kappa shape index (κ2) is 6.54. The van der Waals surface area contributed by atoms with Crippen LogP contribution in [0.5, 0.6) is 5.88 Å². The van der Waals surface area contributed by atoms with E-state index in [0.717, 1.165) is 41.0 Å². The molecule has 5 heterocycles. The average Bonchev–Trinajstić information content (AvgIpc) is 3.42. The molecule has 4 aromatic rings. The number of aromatic nitrogens is 6. The van der Waals surface area contributed by atoms with Crippen LogP contribution in [-0.2, 0) is 4.79 Å². The van der Waals surface area contributed by atoms with Gasteiger partial charge in [0.25, 0.3) is 0 Å². The highest BCUT2D eigenvalue weighted by atomic mass is 16.5. The van der Waals surface area contributed by atoms with Crippen molar-refractivity contribution in [2.45, 2.75) is 26.3 Å². The lowest BCUT2D eigenvalue weighted by atomic mass is 10.1. The molecule has 1 amide bonds. The maximum absolute atomic E-state index is 11.8. The third-order valence-corrected chi connectivity index (χ3v) is 5.62. The summed E-state index contributed by atoms with van der Waals surface area (Å²) in [5, 5.41) is 4.26. The van der Waals surface area contributed by atoms with Gasteiger partial charge >= 0.3 is 0 Å². The van der Waals surface area contributed by atoms with Crippen LogP contribution >= 0.6 is 0 Å². The Kier molecular flexibility index (Phi) is 3.97. The third kappa shape index (κ3) is 2.72. The largest absolute Gasteiger partial charge is 0.479 e. The van der Waals surface area contributed by atoms with E-state index in [0.29, 0.717) is 18.1 Å². The number of amides is 1. The van der Waals surface area contributed by atoms with Crippen molar-refractivity contribution in [3.63, 3.8) is 0 Å². The summed E-state index contributed by atoms with van der Waals surface area (Å²) in [6.45, 7) is 5.07. The third-order valence-electron chi connectivity index (χ3n) is 5.62. The Morgan fingerprint density at radius 2 is 2.17 bits per heavy atom. The first-order valence-electron chi connectivity index (χ1n) is 9.53. The molecule has 1 aliphatic heterocycles. The molecule has 29 heavy (non-hydrogen) atoms. The number of hydrogen-bond donors (Lipinski definition) is 0. The molecule has 5 rings (SSSR count). The summed E-state index contributed by atoms with van der Waals surface area (Å²) in [6, 6.07) is 4.28. The number of aryl methyl sites for hydroxylation is 1. The number of ether oxygens (including phenoxy) is 1. The van der Waals surface area contributed by atoms with Crippen molar-refractivity contribution in [2.24, 2.45) is 0 Å². The minimum Gasteiger partial charge on any atom is -0.479 e. The van der Waals surface area contributed by atoms with Gasteiger partial charge in [0.1, 0.15) is 17.7 Å². The SMILES string of the molecule is COc1ncnn2ccc(-c3cnc4nc(C)n(C5CCN(C(C)=O)C5)c4c3)c12. The number of pyridine rings is 1. The number of imidazole rings is 1. The molecular weight excluding hydrogens is 370 g/mol. The summed E-state index contributed by atoms with van der Waals surface area (Å²) in [7, 11) is 1.60. The number of nitrogens with zero attached hydrogens (tertiary/aromatic N) is 7. The summed E-state index contributed by atoms with van der Waals surface area (Å²) in [4.78, 5) is 27.1. The van der Waals surface area contributed by atoms with Crippen LogP contribution in [0.3, 0.4) is 0 Å². The quantitative estimate of drug-likeness (QED) is 0.532. The van der Waals surface area contributed by atoms with Gasteiger partial charge in [-0.1, -0.05) is 0 Å². The molecule has 1 fully saturated rings. The predicted octanol–water partition coefficient (Wildman–Crippen LogP) is 2.25. The Morgan fingerprint density at radius 1 is 1.31 bits per heavy atom. The minimum atomic E-state index is 0.112. The van der Waals surface area contributed by atoms with Gasteiger partial charge in [-0.15, -0.1) is 0 Å². The predicted molar refractivity (Wildman–Crippen MR) is 107 cm³/mol. The standard InChI is InChI=1S/C20H21N7O2/c1-12-24-19-17(27(12)15-4-6-25(10-15)13(2)28)8-14(9-21-19)16-5-7-26-18(16)20(29-3)22-11-23-26/h5,7-9,11,15H,4,6,10H2,1-3H3. The molecule has 0 saturated carbocycles. The van der Waals surface area contributed by atoms with Crippen molar-refractivity contribution >= 4 is 22.6 Å². The first-order chi connectivity index (χ1) is 14.1. The molecule has 148 valence electrons. The fourth-order valence-electron chi connectivity index (χ4n) is 4.25. The zero-order valence-corrected chi connectivity index (χ0v) is 16.5. The molecule has 1 aliphatic rings. The Labute approximate surface area is 167 Å². The lowest BCUT2D eigenvalue weighted by Crippen LogP contribution is -2.26. The summed E-state index contributed by atoms with van der Waals surface area (Å²) in [5.74, 6) is 1.53. The van der Waals surface area contributed by atoms with Crippen LogP contribution in [0.1, 0.15) is 25.2 Å². The molecule has 0 spiro atoms. The molecule has 0 radical (unpaired) electrons. The molecule has 1 unspecified atom stereocenters. The minimum absolute atomic E-state index is 0.112. The maximum Gasteiger partial charge on any atom is 0.241 e. The van der Waals surface area contributed by atoms with Crippen LogP contribution < -0.4 is 4.74 Å². The second-order valence-corrected chi connectivity index (χ2v) is 7.30. The van der Waals surface area contributed by atoms with E-state index in [-0.39, 0.29) is 11.9 Å². The summed E-state index contributed by atoms with van der Waals surface area (Å²) in [5.41, 5.74) is 4.35. The van der Waals surface area contributed by atoms with Crippen molar-refractivity contribution in [1.82, 2.24) is 34.0 Å². The van der Waals surface area contributed by atoms with E-state index in [1.807, 2.05) is 30.3 Å². The van der Waals surface area contributed by atoms with E-state index >= 15 is 0 Å². The molecule has 9 nitrogen and oxygen atoms in total. The van der Waals surface area contributed by atoms with E-state index < -0.39 is 0 Å². The van der Waals surface area contributed by atoms with Crippen molar-refractivity contribution < 1.29 is 9.53 Å². The van der Waals surface area contributed by atoms with Gasteiger partial charge in [0.2, 0.25) is 11.8 Å². The van der Waals surface area contributed by atoms with Crippen LogP contribution in [0.4, 0.5) is 0 Å². The molecule has 1 saturated heterocycles. The first-order valence-corrected chi connectivity index (χ1v) is 9.53. The highest BCUT2D eigenvalue weighted by Crippen LogP contribution is 2.33. The van der Waals surface area contributed by atoms with Gasteiger partial charge in [0.05, 0.1) is 18.7 Å². The molecule has 9 heteroatoms. The van der Waals surface area contributed by atoms with Gasteiger partial charge in [-0.2, -0.15) is 10.1 Å². The summed E-state index contributed by atoms with van der Waals surface area (Å²) >= 11 is 0. The van der Waals surface area contributed by atoms with Crippen LogP contribution in [0, 0.1) is 6.92 Å². The molecule has 4 aromatic heterocycles.